The van der Waals surface area contributed by atoms with E-state index >= 15 is 0 Å². The maximum atomic E-state index is 11.7. The van der Waals surface area contributed by atoms with Gasteiger partial charge in [-0.05, 0) is 13.0 Å². The van der Waals surface area contributed by atoms with Crippen LogP contribution in [0.5, 0.6) is 11.5 Å². The van der Waals surface area contributed by atoms with Crippen LogP contribution >= 0.6 is 0 Å². The van der Waals surface area contributed by atoms with E-state index in [0.29, 0.717) is 22.7 Å². The summed E-state index contributed by atoms with van der Waals surface area (Å²) in [6.45, 7) is 5.04. The van der Waals surface area contributed by atoms with E-state index in [1.54, 1.807) is 12.1 Å². The summed E-state index contributed by atoms with van der Waals surface area (Å²) in [5, 5.41) is 2.60. The number of amides is 1. The third-order valence-electron chi connectivity index (χ3n) is 2.35. The van der Waals surface area contributed by atoms with E-state index in [4.69, 9.17) is 9.47 Å². The van der Waals surface area contributed by atoms with Gasteiger partial charge >= 0.3 is 0 Å². The number of hydrogen-bond acceptors (Lipinski definition) is 4. The number of ether oxygens (including phenoxy) is 2. The average Bonchev–Trinajstić information content (AvgIpc) is 2.73. The lowest BCUT2D eigenvalue weighted by Crippen LogP contribution is -2.10. The number of carbonyl (C=O) groups is 2. The predicted octanol–water partition coefficient (Wildman–Crippen LogP) is 1.78. The normalized spacial score (nSPS) is 12.4. The van der Waals surface area contributed by atoms with Crippen LogP contribution in [-0.4, -0.2) is 18.5 Å². The van der Waals surface area contributed by atoms with Crippen molar-refractivity contribution in [1.29, 1.82) is 0 Å². The third kappa shape index (κ3) is 2.22. The summed E-state index contributed by atoms with van der Waals surface area (Å²) in [6, 6.07) is 3.16. The largest absolute Gasteiger partial charge is 0.454 e. The van der Waals surface area contributed by atoms with Crippen LogP contribution in [0.4, 0.5) is 5.69 Å². The summed E-state index contributed by atoms with van der Waals surface area (Å²) in [6.07, 6.45) is 0.117. The van der Waals surface area contributed by atoms with Crippen LogP contribution < -0.4 is 14.8 Å². The van der Waals surface area contributed by atoms with Crippen LogP contribution in [0.15, 0.2) is 12.1 Å². The Balaban J connectivity index is 2.46. The Morgan fingerprint density at radius 2 is 2.00 bits per heavy atom. The fraction of sp³-hybridized carbons (Fsp3) is 0.250. The minimum atomic E-state index is -0.248. The Morgan fingerprint density at radius 1 is 1.35 bits per heavy atom. The van der Waals surface area contributed by atoms with Gasteiger partial charge < -0.3 is 14.8 Å². The molecule has 0 bridgehead atoms. The van der Waals surface area contributed by atoms with Crippen molar-refractivity contribution in [2.24, 2.45) is 0 Å². The molecule has 5 heteroatoms. The second-order valence-electron chi connectivity index (χ2n) is 3.61. The van der Waals surface area contributed by atoms with Crippen molar-refractivity contribution in [1.82, 2.24) is 0 Å². The lowest BCUT2D eigenvalue weighted by Gasteiger charge is -2.09. The smallest absolute Gasteiger partial charge is 0.231 e. The second kappa shape index (κ2) is 4.45. The fourth-order valence-electron chi connectivity index (χ4n) is 1.60. The molecule has 0 aliphatic carbocycles. The number of rotatable bonds is 3. The molecule has 0 saturated heterocycles. The molecule has 0 saturated carbocycles. The standard InChI is InChI=1S/C12H12NO4/c1-3-10(15)8-4-11-12(17-6-16-11)5-9(8)13-7(2)14/h4-5H,1,3,6H2,2H3,(H,13,14). The molecule has 1 amide bonds. The highest BCUT2D eigenvalue weighted by Crippen LogP contribution is 2.37. The van der Waals surface area contributed by atoms with Crippen molar-refractivity contribution in [3.05, 3.63) is 24.6 Å². The number of nitrogens with one attached hydrogen (secondary N) is 1. The van der Waals surface area contributed by atoms with Gasteiger partial charge in [-0.1, -0.05) is 0 Å². The van der Waals surface area contributed by atoms with Crippen molar-refractivity contribution in [3.8, 4) is 11.5 Å². The van der Waals surface area contributed by atoms with E-state index < -0.39 is 0 Å². The van der Waals surface area contributed by atoms with Crippen molar-refractivity contribution in [2.45, 2.75) is 13.3 Å². The number of fused-ring (bicyclic) bond motifs is 1. The molecule has 1 N–H and O–H groups in total. The van der Waals surface area contributed by atoms with E-state index in [1.165, 1.54) is 6.92 Å². The molecule has 0 atom stereocenters. The molecule has 1 aromatic carbocycles. The molecule has 1 aliphatic rings. The summed E-state index contributed by atoms with van der Waals surface area (Å²) < 4.78 is 10.4. The van der Waals surface area contributed by atoms with Crippen molar-refractivity contribution < 1.29 is 19.1 Å². The Hall–Kier alpha value is -2.04. The van der Waals surface area contributed by atoms with Gasteiger partial charge in [0.2, 0.25) is 12.7 Å². The predicted molar refractivity (Wildman–Crippen MR) is 61.2 cm³/mol. The summed E-state index contributed by atoms with van der Waals surface area (Å²) in [5.41, 5.74) is 0.815. The zero-order valence-corrected chi connectivity index (χ0v) is 9.41. The maximum absolute atomic E-state index is 11.7. The monoisotopic (exact) mass is 234 g/mol. The van der Waals surface area contributed by atoms with Crippen LogP contribution in [0.25, 0.3) is 0 Å². The van der Waals surface area contributed by atoms with Crippen LogP contribution in [-0.2, 0) is 4.79 Å². The number of carbonyl (C=O) groups excluding carboxylic acids is 2. The Kier molecular flexibility index (Phi) is 2.99. The molecular weight excluding hydrogens is 222 g/mol. The first-order chi connectivity index (χ1) is 8.11. The first-order valence-corrected chi connectivity index (χ1v) is 5.15. The van der Waals surface area contributed by atoms with Crippen molar-refractivity contribution >= 4 is 17.4 Å². The molecule has 5 nitrogen and oxygen atoms in total. The van der Waals surface area contributed by atoms with Crippen LogP contribution in [0.1, 0.15) is 23.7 Å². The van der Waals surface area contributed by atoms with Gasteiger partial charge in [-0.25, -0.2) is 0 Å². The highest BCUT2D eigenvalue weighted by Gasteiger charge is 2.20. The van der Waals surface area contributed by atoms with Crippen LogP contribution in [0, 0.1) is 6.92 Å². The van der Waals surface area contributed by atoms with Gasteiger partial charge in [0.1, 0.15) is 0 Å². The Morgan fingerprint density at radius 3 is 2.59 bits per heavy atom. The Labute approximate surface area is 98.7 Å². The Bertz CT molecular complexity index is 482. The SMILES string of the molecule is [CH2]CC(=O)c1cc2c(cc1NC(C)=O)OCO2. The lowest BCUT2D eigenvalue weighted by molar-refractivity contribution is -0.114. The number of benzene rings is 1. The zero-order chi connectivity index (χ0) is 12.4. The molecule has 1 aliphatic heterocycles. The molecule has 1 radical (unpaired) electrons. The molecule has 1 heterocycles. The summed E-state index contributed by atoms with van der Waals surface area (Å²) >= 11 is 0. The number of hydrogen-bond donors (Lipinski definition) is 1. The van der Waals surface area contributed by atoms with Gasteiger partial charge in [0.05, 0.1) is 5.69 Å². The first kappa shape index (κ1) is 11.4. The molecule has 1 aromatic rings. The van der Waals surface area contributed by atoms with E-state index in [2.05, 4.69) is 12.2 Å². The molecule has 0 unspecified atom stereocenters. The molecule has 2 rings (SSSR count). The summed E-state index contributed by atoms with van der Waals surface area (Å²) in [4.78, 5) is 22.8. The quantitative estimate of drug-likeness (QED) is 0.809. The summed E-state index contributed by atoms with van der Waals surface area (Å²) in [5.74, 6) is 0.624. The second-order valence-corrected chi connectivity index (χ2v) is 3.61. The van der Waals surface area contributed by atoms with Gasteiger partial charge in [-0.3, -0.25) is 9.59 Å². The molecule has 0 fully saturated rings. The maximum Gasteiger partial charge on any atom is 0.231 e. The zero-order valence-electron chi connectivity index (χ0n) is 9.41. The highest BCUT2D eigenvalue weighted by molar-refractivity contribution is 6.05. The van der Waals surface area contributed by atoms with Gasteiger partial charge in [0, 0.05) is 25.0 Å². The molecule has 0 aromatic heterocycles. The van der Waals surface area contributed by atoms with Crippen LogP contribution in [0.2, 0.25) is 0 Å². The van der Waals surface area contributed by atoms with Gasteiger partial charge in [0.25, 0.3) is 0 Å². The lowest BCUT2D eigenvalue weighted by atomic mass is 10.1. The minimum Gasteiger partial charge on any atom is -0.454 e. The topological polar surface area (TPSA) is 64.6 Å². The highest BCUT2D eigenvalue weighted by atomic mass is 16.7. The molecular formula is C12H12NO4. The minimum absolute atomic E-state index is 0.117. The van der Waals surface area contributed by atoms with Gasteiger partial charge in [-0.15, -0.1) is 0 Å². The van der Waals surface area contributed by atoms with E-state index in [-0.39, 0.29) is 24.9 Å². The van der Waals surface area contributed by atoms with Crippen LogP contribution in [0.3, 0.4) is 0 Å². The third-order valence-corrected chi connectivity index (χ3v) is 2.35. The van der Waals surface area contributed by atoms with E-state index in [0.717, 1.165) is 0 Å². The first-order valence-electron chi connectivity index (χ1n) is 5.15. The van der Waals surface area contributed by atoms with Gasteiger partial charge in [0.15, 0.2) is 17.3 Å². The summed E-state index contributed by atoms with van der Waals surface area (Å²) in [7, 11) is 0. The van der Waals surface area contributed by atoms with Crippen molar-refractivity contribution in [3.63, 3.8) is 0 Å². The molecule has 0 spiro atoms. The number of ketones is 1. The average molecular weight is 234 g/mol. The van der Waals surface area contributed by atoms with E-state index in [9.17, 15) is 9.59 Å². The van der Waals surface area contributed by atoms with Crippen molar-refractivity contribution in [2.75, 3.05) is 12.1 Å². The molecule has 89 valence electrons. The van der Waals surface area contributed by atoms with Gasteiger partial charge in [-0.2, -0.15) is 0 Å². The fourth-order valence-corrected chi connectivity index (χ4v) is 1.60. The van der Waals surface area contributed by atoms with E-state index in [1.807, 2.05) is 0 Å². The molecule has 17 heavy (non-hydrogen) atoms. The number of Topliss-reactive ketones (excluding diaryl/α,β-unsaturated/α-hetero) is 1. The number of anilines is 1.